The Kier molecular flexibility index (Phi) is 11.2. The summed E-state index contributed by atoms with van der Waals surface area (Å²) in [6, 6.07) is 6.85. The number of ether oxygens (including phenoxy) is 2. The van der Waals surface area contributed by atoms with Gasteiger partial charge in [-0.05, 0) is 30.5 Å². The van der Waals surface area contributed by atoms with Crippen molar-refractivity contribution in [1.29, 1.82) is 0 Å². The first-order valence-corrected chi connectivity index (χ1v) is 10.8. The van der Waals surface area contributed by atoms with Crippen LogP contribution in [0.15, 0.2) is 34.2 Å². The number of aliphatic imine (C=N–C) groups is 1. The topological polar surface area (TPSA) is 89.0 Å². The Morgan fingerprint density at radius 2 is 2.04 bits per heavy atom. The van der Waals surface area contributed by atoms with Gasteiger partial charge in [-0.3, -0.25) is 4.99 Å². The van der Waals surface area contributed by atoms with Crippen molar-refractivity contribution in [2.24, 2.45) is 10.9 Å². The molecule has 9 heteroatoms. The van der Waals surface area contributed by atoms with E-state index in [2.05, 4.69) is 15.6 Å². The first kappa shape index (κ1) is 24.1. The minimum atomic E-state index is -3.16. The maximum atomic E-state index is 11.5. The lowest BCUT2D eigenvalue weighted by Gasteiger charge is -2.13. The van der Waals surface area contributed by atoms with Gasteiger partial charge in [0.15, 0.2) is 15.8 Å². The van der Waals surface area contributed by atoms with Gasteiger partial charge in [-0.1, -0.05) is 12.1 Å². The highest BCUT2D eigenvalue weighted by molar-refractivity contribution is 14.0. The predicted molar refractivity (Wildman–Crippen MR) is 118 cm³/mol. The van der Waals surface area contributed by atoms with Gasteiger partial charge in [0.25, 0.3) is 0 Å². The van der Waals surface area contributed by atoms with E-state index in [1.807, 2.05) is 0 Å². The molecule has 0 saturated carbocycles. The largest absolute Gasteiger partial charge is 0.381 e. The van der Waals surface area contributed by atoms with Crippen molar-refractivity contribution in [3.8, 4) is 0 Å². The van der Waals surface area contributed by atoms with Crippen LogP contribution in [-0.4, -0.2) is 60.7 Å². The van der Waals surface area contributed by atoms with Gasteiger partial charge < -0.3 is 20.1 Å². The van der Waals surface area contributed by atoms with Crippen molar-refractivity contribution < 1.29 is 17.9 Å². The first-order chi connectivity index (χ1) is 12.5. The van der Waals surface area contributed by atoms with Gasteiger partial charge in [0, 0.05) is 45.5 Å². The number of nitrogens with zero attached hydrogens (tertiary/aromatic N) is 1. The fourth-order valence-corrected chi connectivity index (χ4v) is 3.24. The van der Waals surface area contributed by atoms with Crippen molar-refractivity contribution in [3.05, 3.63) is 29.8 Å². The number of rotatable bonds is 9. The molecule has 0 amide bonds. The van der Waals surface area contributed by atoms with Gasteiger partial charge in [-0.25, -0.2) is 8.42 Å². The van der Waals surface area contributed by atoms with Crippen LogP contribution in [-0.2, 0) is 25.9 Å². The van der Waals surface area contributed by atoms with Gasteiger partial charge in [-0.15, -0.1) is 24.0 Å². The van der Waals surface area contributed by atoms with Crippen molar-refractivity contribution in [2.45, 2.75) is 24.3 Å². The van der Waals surface area contributed by atoms with E-state index in [1.54, 1.807) is 31.3 Å². The molecule has 1 atom stereocenters. The molecule has 1 unspecified atom stereocenters. The van der Waals surface area contributed by atoms with E-state index in [0.717, 1.165) is 44.8 Å². The molecule has 2 N–H and O–H groups in total. The third kappa shape index (κ3) is 9.22. The van der Waals surface area contributed by atoms with Gasteiger partial charge in [-0.2, -0.15) is 0 Å². The van der Waals surface area contributed by atoms with Crippen molar-refractivity contribution in [1.82, 2.24) is 10.6 Å². The average molecular weight is 511 g/mol. The second-order valence-electron chi connectivity index (χ2n) is 6.43. The normalized spacial score (nSPS) is 17.4. The maximum absolute atomic E-state index is 11.5. The van der Waals surface area contributed by atoms with Crippen LogP contribution in [0.1, 0.15) is 18.4 Å². The summed E-state index contributed by atoms with van der Waals surface area (Å²) < 4.78 is 33.9. The average Bonchev–Trinajstić information content (AvgIpc) is 3.13. The molecular formula is C18H30IN3O4S. The fraction of sp³-hybridized carbons (Fsp3) is 0.611. The molecule has 1 aromatic rings. The minimum Gasteiger partial charge on any atom is -0.381 e. The molecule has 0 spiro atoms. The number of nitrogens with one attached hydrogen (secondary N) is 2. The molecule has 0 radical (unpaired) electrons. The zero-order chi connectivity index (χ0) is 18.8. The Morgan fingerprint density at radius 3 is 2.63 bits per heavy atom. The van der Waals surface area contributed by atoms with E-state index in [0.29, 0.717) is 29.9 Å². The third-order valence-corrected chi connectivity index (χ3v) is 5.30. The van der Waals surface area contributed by atoms with E-state index in [1.165, 1.54) is 6.26 Å². The zero-order valence-corrected chi connectivity index (χ0v) is 19.1. The maximum Gasteiger partial charge on any atom is 0.191 e. The van der Waals surface area contributed by atoms with E-state index in [-0.39, 0.29) is 24.0 Å². The number of halogens is 1. The van der Waals surface area contributed by atoms with Crippen LogP contribution in [0.4, 0.5) is 0 Å². The third-order valence-electron chi connectivity index (χ3n) is 4.17. The number of sulfone groups is 1. The summed E-state index contributed by atoms with van der Waals surface area (Å²) in [4.78, 5) is 4.51. The highest BCUT2D eigenvalue weighted by Gasteiger charge is 2.15. The summed E-state index contributed by atoms with van der Waals surface area (Å²) in [5.41, 5.74) is 0.988. The molecule has 1 aromatic carbocycles. The molecule has 0 aliphatic carbocycles. The summed E-state index contributed by atoms with van der Waals surface area (Å²) in [5.74, 6) is 1.26. The van der Waals surface area contributed by atoms with Crippen LogP contribution in [0.5, 0.6) is 0 Å². The number of guanidine groups is 1. The van der Waals surface area contributed by atoms with Gasteiger partial charge in [0.2, 0.25) is 0 Å². The van der Waals surface area contributed by atoms with Crippen LogP contribution < -0.4 is 10.6 Å². The number of hydrogen-bond donors (Lipinski definition) is 2. The SMILES string of the molecule is CN=C(NCCCOCC1CCOC1)NCc1ccc(S(C)(=O)=O)cc1.I. The summed E-state index contributed by atoms with van der Waals surface area (Å²) >= 11 is 0. The van der Waals surface area contributed by atoms with Crippen LogP contribution in [0.3, 0.4) is 0 Å². The highest BCUT2D eigenvalue weighted by Crippen LogP contribution is 2.12. The molecule has 27 heavy (non-hydrogen) atoms. The predicted octanol–water partition coefficient (Wildman–Crippen LogP) is 1.82. The lowest BCUT2D eigenvalue weighted by atomic mass is 10.1. The number of benzene rings is 1. The Labute approximate surface area is 179 Å². The summed E-state index contributed by atoms with van der Waals surface area (Å²) in [6.45, 7) is 4.51. The number of hydrogen-bond acceptors (Lipinski definition) is 5. The van der Waals surface area contributed by atoms with E-state index < -0.39 is 9.84 Å². The monoisotopic (exact) mass is 511 g/mol. The molecule has 1 saturated heterocycles. The van der Waals surface area contributed by atoms with Crippen LogP contribution >= 0.6 is 24.0 Å². The van der Waals surface area contributed by atoms with E-state index >= 15 is 0 Å². The van der Waals surface area contributed by atoms with Crippen LogP contribution in [0, 0.1) is 5.92 Å². The summed E-state index contributed by atoms with van der Waals surface area (Å²) in [6.07, 6.45) is 3.20. The van der Waals surface area contributed by atoms with Gasteiger partial charge in [0.05, 0.1) is 18.1 Å². The second kappa shape index (κ2) is 12.5. The molecule has 0 aromatic heterocycles. The van der Waals surface area contributed by atoms with E-state index in [9.17, 15) is 8.42 Å². The van der Waals surface area contributed by atoms with Gasteiger partial charge in [0.1, 0.15) is 0 Å². The zero-order valence-electron chi connectivity index (χ0n) is 15.9. The second-order valence-corrected chi connectivity index (χ2v) is 8.44. The molecule has 1 fully saturated rings. The van der Waals surface area contributed by atoms with Crippen LogP contribution in [0.2, 0.25) is 0 Å². The Bertz CT molecular complexity index is 674. The van der Waals surface area contributed by atoms with Crippen molar-refractivity contribution in [3.63, 3.8) is 0 Å². The lowest BCUT2D eigenvalue weighted by molar-refractivity contribution is 0.0888. The molecule has 1 aliphatic rings. The summed E-state index contributed by atoms with van der Waals surface area (Å²) in [5, 5.41) is 6.45. The lowest BCUT2D eigenvalue weighted by Crippen LogP contribution is -2.37. The van der Waals surface area contributed by atoms with Crippen molar-refractivity contribution >= 4 is 39.8 Å². The Hall–Kier alpha value is -0.910. The highest BCUT2D eigenvalue weighted by atomic mass is 127. The standard InChI is InChI=1S/C18H29N3O4S.HI/c1-19-18(20-9-3-10-24-13-16-8-11-25-14-16)21-12-15-4-6-17(7-5-15)26(2,22)23;/h4-7,16H,3,8-14H2,1-2H3,(H2,19,20,21);1H. The smallest absolute Gasteiger partial charge is 0.191 e. The van der Waals surface area contributed by atoms with Crippen LogP contribution in [0.25, 0.3) is 0 Å². The molecule has 1 aliphatic heterocycles. The molecular weight excluding hydrogens is 481 g/mol. The molecule has 154 valence electrons. The molecule has 2 rings (SSSR count). The Balaban J connectivity index is 0.00000364. The van der Waals surface area contributed by atoms with E-state index in [4.69, 9.17) is 9.47 Å². The quantitative estimate of drug-likeness (QED) is 0.228. The van der Waals surface area contributed by atoms with Gasteiger partial charge >= 0.3 is 0 Å². The fourth-order valence-electron chi connectivity index (χ4n) is 2.61. The minimum absolute atomic E-state index is 0. The molecule has 7 nitrogen and oxygen atoms in total. The molecule has 1 heterocycles. The molecule has 0 bridgehead atoms. The summed E-state index contributed by atoms with van der Waals surface area (Å²) in [7, 11) is -1.44. The van der Waals surface area contributed by atoms with Crippen molar-refractivity contribution in [2.75, 3.05) is 46.3 Å². The Morgan fingerprint density at radius 1 is 1.30 bits per heavy atom. The first-order valence-electron chi connectivity index (χ1n) is 8.88.